The topological polar surface area (TPSA) is 83.5 Å². The van der Waals surface area contributed by atoms with Crippen LogP contribution in [0.1, 0.15) is 34.1 Å². The third-order valence-corrected chi connectivity index (χ3v) is 3.03. The number of ketones is 2. The maximum atomic E-state index is 12.2. The van der Waals surface area contributed by atoms with E-state index in [1.165, 1.54) is 25.1 Å². The van der Waals surface area contributed by atoms with Gasteiger partial charge in [-0.05, 0) is 18.2 Å². The Balaban J connectivity index is 2.18. The summed E-state index contributed by atoms with van der Waals surface area (Å²) in [4.78, 5) is 35.3. The van der Waals surface area contributed by atoms with Crippen molar-refractivity contribution in [2.24, 2.45) is 0 Å². The molecule has 0 atom stereocenters. The Kier molecular flexibility index (Phi) is 4.68. The van der Waals surface area contributed by atoms with E-state index in [9.17, 15) is 19.5 Å². The lowest BCUT2D eigenvalue weighted by Gasteiger charge is -2.07. The summed E-state index contributed by atoms with van der Waals surface area (Å²) >= 11 is 0. The lowest BCUT2D eigenvalue weighted by Crippen LogP contribution is -2.10. The number of benzene rings is 2. The predicted molar refractivity (Wildman–Crippen MR) is 82.1 cm³/mol. The summed E-state index contributed by atoms with van der Waals surface area (Å²) in [5.41, 5.74) is 0.838. The van der Waals surface area contributed by atoms with Crippen molar-refractivity contribution >= 4 is 23.2 Å². The first-order valence-corrected chi connectivity index (χ1v) is 6.69. The number of aromatic hydroxyl groups is 1. The van der Waals surface area contributed by atoms with E-state index in [1.54, 1.807) is 30.3 Å². The van der Waals surface area contributed by atoms with Crippen molar-refractivity contribution in [1.82, 2.24) is 0 Å². The molecule has 22 heavy (non-hydrogen) atoms. The number of anilines is 1. The first-order valence-electron chi connectivity index (χ1n) is 6.69. The van der Waals surface area contributed by atoms with Gasteiger partial charge in [-0.3, -0.25) is 14.4 Å². The summed E-state index contributed by atoms with van der Waals surface area (Å²) in [6.45, 7) is 1.34. The van der Waals surface area contributed by atoms with Crippen LogP contribution in [0.15, 0.2) is 48.5 Å². The molecule has 2 aromatic carbocycles. The van der Waals surface area contributed by atoms with Crippen LogP contribution < -0.4 is 5.32 Å². The molecule has 0 unspecified atom stereocenters. The van der Waals surface area contributed by atoms with Crippen molar-refractivity contribution in [2.75, 3.05) is 5.32 Å². The van der Waals surface area contributed by atoms with Crippen molar-refractivity contribution in [2.45, 2.75) is 13.3 Å². The van der Waals surface area contributed by atoms with Crippen molar-refractivity contribution in [3.63, 3.8) is 0 Å². The molecule has 0 fully saturated rings. The summed E-state index contributed by atoms with van der Waals surface area (Å²) in [5.74, 6) is -1.34. The summed E-state index contributed by atoms with van der Waals surface area (Å²) in [5, 5.41) is 12.3. The van der Waals surface area contributed by atoms with Crippen LogP contribution in [0, 0.1) is 0 Å². The zero-order valence-corrected chi connectivity index (χ0v) is 12.0. The minimum atomic E-state index is -0.501. The van der Waals surface area contributed by atoms with Gasteiger partial charge in [0.15, 0.2) is 11.6 Å². The Bertz CT molecular complexity index is 723. The average molecular weight is 297 g/mol. The van der Waals surface area contributed by atoms with Crippen LogP contribution in [0.3, 0.4) is 0 Å². The van der Waals surface area contributed by atoms with Crippen LogP contribution >= 0.6 is 0 Å². The highest BCUT2D eigenvalue weighted by atomic mass is 16.3. The number of carbonyl (C=O) groups excluding carboxylic acids is 3. The van der Waals surface area contributed by atoms with E-state index in [4.69, 9.17) is 0 Å². The first kappa shape index (κ1) is 15.4. The second-order valence-electron chi connectivity index (χ2n) is 4.80. The molecule has 0 saturated carbocycles. The maximum Gasteiger partial charge on any atom is 0.221 e. The van der Waals surface area contributed by atoms with Gasteiger partial charge in [0.2, 0.25) is 5.91 Å². The molecule has 2 aromatic rings. The summed E-state index contributed by atoms with van der Waals surface area (Å²) in [6, 6.07) is 12.6. The number of nitrogens with one attached hydrogen (secondary N) is 1. The Labute approximate surface area is 127 Å². The SMILES string of the molecule is CC(=O)Nc1ccc(O)c(C(=O)CC(=O)c2ccccc2)c1. The lowest BCUT2D eigenvalue weighted by atomic mass is 10.0. The highest BCUT2D eigenvalue weighted by molar-refractivity contribution is 6.14. The number of Topliss-reactive ketones (excluding diaryl/α,β-unsaturated/α-hetero) is 2. The molecule has 5 nitrogen and oxygen atoms in total. The third kappa shape index (κ3) is 3.79. The molecule has 0 spiro atoms. The van der Waals surface area contributed by atoms with Gasteiger partial charge in [-0.1, -0.05) is 30.3 Å². The second kappa shape index (κ2) is 6.67. The van der Waals surface area contributed by atoms with Crippen LogP contribution in [0.5, 0.6) is 5.75 Å². The Morgan fingerprint density at radius 2 is 1.68 bits per heavy atom. The van der Waals surface area contributed by atoms with E-state index in [0.29, 0.717) is 11.3 Å². The molecule has 0 aliphatic heterocycles. The van der Waals surface area contributed by atoms with E-state index in [0.717, 1.165) is 0 Å². The average Bonchev–Trinajstić information content (AvgIpc) is 2.49. The second-order valence-corrected chi connectivity index (χ2v) is 4.80. The lowest BCUT2D eigenvalue weighted by molar-refractivity contribution is -0.114. The summed E-state index contributed by atoms with van der Waals surface area (Å²) < 4.78 is 0. The monoisotopic (exact) mass is 297 g/mol. The fourth-order valence-electron chi connectivity index (χ4n) is 2.01. The molecule has 1 amide bonds. The van der Waals surface area contributed by atoms with E-state index >= 15 is 0 Å². The highest BCUT2D eigenvalue weighted by Gasteiger charge is 2.17. The molecule has 5 heteroatoms. The molecule has 0 aliphatic rings. The van der Waals surface area contributed by atoms with Crippen molar-refractivity contribution in [3.05, 3.63) is 59.7 Å². The van der Waals surface area contributed by atoms with Gasteiger partial charge in [-0.15, -0.1) is 0 Å². The fraction of sp³-hybridized carbons (Fsp3) is 0.118. The molecular weight excluding hydrogens is 282 g/mol. The van der Waals surface area contributed by atoms with Crippen LogP contribution in [0.2, 0.25) is 0 Å². The highest BCUT2D eigenvalue weighted by Crippen LogP contribution is 2.23. The van der Waals surface area contributed by atoms with E-state index < -0.39 is 5.78 Å². The number of phenolic OH excluding ortho intramolecular Hbond substituents is 1. The van der Waals surface area contributed by atoms with E-state index in [-0.39, 0.29) is 29.4 Å². The van der Waals surface area contributed by atoms with Gasteiger partial charge in [0, 0.05) is 18.2 Å². The van der Waals surface area contributed by atoms with Crippen LogP contribution in [0.25, 0.3) is 0 Å². The van der Waals surface area contributed by atoms with Gasteiger partial charge >= 0.3 is 0 Å². The third-order valence-electron chi connectivity index (χ3n) is 3.03. The van der Waals surface area contributed by atoms with Gasteiger partial charge in [0.25, 0.3) is 0 Å². The minimum absolute atomic E-state index is 0.00975. The van der Waals surface area contributed by atoms with Gasteiger partial charge in [-0.25, -0.2) is 0 Å². The van der Waals surface area contributed by atoms with Gasteiger partial charge in [0.05, 0.1) is 12.0 Å². The van der Waals surface area contributed by atoms with Gasteiger partial charge in [-0.2, -0.15) is 0 Å². The molecule has 2 rings (SSSR count). The number of carbonyl (C=O) groups is 3. The number of amides is 1. The molecule has 0 aromatic heterocycles. The van der Waals surface area contributed by atoms with Crippen molar-refractivity contribution in [1.29, 1.82) is 0 Å². The maximum absolute atomic E-state index is 12.2. The van der Waals surface area contributed by atoms with E-state index in [1.807, 2.05) is 0 Å². The van der Waals surface area contributed by atoms with Crippen LogP contribution in [0.4, 0.5) is 5.69 Å². The normalized spacial score (nSPS) is 10.0. The molecule has 0 heterocycles. The van der Waals surface area contributed by atoms with E-state index in [2.05, 4.69) is 5.32 Å². The smallest absolute Gasteiger partial charge is 0.221 e. The molecule has 0 bridgehead atoms. The quantitative estimate of drug-likeness (QED) is 0.505. The molecule has 2 N–H and O–H groups in total. The zero-order chi connectivity index (χ0) is 16.1. The largest absolute Gasteiger partial charge is 0.507 e. The predicted octanol–water partition coefficient (Wildman–Crippen LogP) is 2.81. The molecule has 0 radical (unpaired) electrons. The van der Waals surface area contributed by atoms with Crippen molar-refractivity contribution < 1.29 is 19.5 Å². The first-order chi connectivity index (χ1) is 10.5. The zero-order valence-electron chi connectivity index (χ0n) is 12.0. The van der Waals surface area contributed by atoms with Gasteiger partial charge < -0.3 is 10.4 Å². The standard InChI is InChI=1S/C17H15NO4/c1-11(19)18-13-7-8-15(20)14(9-13)17(22)10-16(21)12-5-3-2-4-6-12/h2-9,20H,10H2,1H3,(H,18,19). The number of hydrogen-bond acceptors (Lipinski definition) is 4. The molecule has 0 aliphatic carbocycles. The van der Waals surface area contributed by atoms with Crippen LogP contribution in [-0.2, 0) is 4.79 Å². The number of phenols is 1. The molecule has 112 valence electrons. The van der Waals surface area contributed by atoms with Gasteiger partial charge in [0.1, 0.15) is 5.75 Å². The minimum Gasteiger partial charge on any atom is -0.507 e. The Morgan fingerprint density at radius 3 is 2.32 bits per heavy atom. The van der Waals surface area contributed by atoms with Crippen molar-refractivity contribution in [3.8, 4) is 5.75 Å². The Hall–Kier alpha value is -2.95. The fourth-order valence-corrected chi connectivity index (χ4v) is 2.01. The Morgan fingerprint density at radius 1 is 1.00 bits per heavy atom. The molecular formula is C17H15NO4. The number of rotatable bonds is 5. The summed E-state index contributed by atoms with van der Waals surface area (Å²) in [7, 11) is 0. The summed E-state index contributed by atoms with van der Waals surface area (Å²) in [6.07, 6.45) is -0.346. The molecule has 0 saturated heterocycles. The van der Waals surface area contributed by atoms with Crippen LogP contribution in [-0.4, -0.2) is 22.6 Å². The number of hydrogen-bond donors (Lipinski definition) is 2.